The minimum absolute atomic E-state index is 0.112. The summed E-state index contributed by atoms with van der Waals surface area (Å²) in [5.74, 6) is -1.22. The number of hydrogen-bond donors (Lipinski definition) is 2. The van der Waals surface area contributed by atoms with E-state index in [-0.39, 0.29) is 28.7 Å². The molecule has 2 N–H and O–H groups in total. The summed E-state index contributed by atoms with van der Waals surface area (Å²) in [7, 11) is 3.29. The van der Waals surface area contributed by atoms with Crippen molar-refractivity contribution in [1.29, 1.82) is 0 Å². The van der Waals surface area contributed by atoms with Crippen LogP contribution in [-0.4, -0.2) is 59.4 Å². The lowest BCUT2D eigenvalue weighted by Crippen LogP contribution is -2.28. The SMILES string of the molecule is CN=CCN(C)C(=O)c1ccc(C(=O)Nc2c(C(=O)Nc3ccc(Cl)cn3)oc3cccnc23)cc1. The number of pyridine rings is 2. The Kier molecular flexibility index (Phi) is 7.36. The predicted molar refractivity (Wildman–Crippen MR) is 137 cm³/mol. The first kappa shape index (κ1) is 24.6. The van der Waals surface area contributed by atoms with E-state index in [2.05, 4.69) is 25.6 Å². The smallest absolute Gasteiger partial charge is 0.294 e. The Morgan fingerprint density at radius 3 is 2.47 bits per heavy atom. The molecule has 0 unspecified atom stereocenters. The molecule has 11 heteroatoms. The molecule has 0 aliphatic carbocycles. The summed E-state index contributed by atoms with van der Waals surface area (Å²) in [5.41, 5.74) is 1.44. The number of aromatic nitrogens is 2. The molecule has 182 valence electrons. The van der Waals surface area contributed by atoms with E-state index in [9.17, 15) is 14.4 Å². The van der Waals surface area contributed by atoms with Gasteiger partial charge >= 0.3 is 0 Å². The van der Waals surface area contributed by atoms with Crippen molar-refractivity contribution >= 4 is 58.1 Å². The first-order valence-corrected chi connectivity index (χ1v) is 11.1. The standard InChI is InChI=1S/C25H21ClN6O4/c1-27-12-13-32(2)25(35)16-7-5-15(6-8-16)23(33)31-21-20-18(4-3-11-28-20)36-22(21)24(34)30-19-10-9-17(26)14-29-19/h3-12,14H,13H2,1-2H3,(H,31,33)(H,29,30,34). The van der Waals surface area contributed by atoms with Crippen LogP contribution in [0.15, 0.2) is 70.3 Å². The van der Waals surface area contributed by atoms with Gasteiger partial charge < -0.3 is 20.0 Å². The molecule has 1 aromatic carbocycles. The largest absolute Gasteiger partial charge is 0.447 e. The Balaban J connectivity index is 1.57. The Hall–Kier alpha value is -4.57. The number of furan rings is 1. The van der Waals surface area contributed by atoms with Crippen molar-refractivity contribution in [2.24, 2.45) is 4.99 Å². The fourth-order valence-electron chi connectivity index (χ4n) is 3.29. The maximum absolute atomic E-state index is 13.0. The van der Waals surface area contributed by atoms with Crippen molar-refractivity contribution in [2.45, 2.75) is 0 Å². The second-order valence-electron chi connectivity index (χ2n) is 7.63. The number of hydrogen-bond acceptors (Lipinski definition) is 7. The van der Waals surface area contributed by atoms with E-state index < -0.39 is 11.8 Å². The third-order valence-corrected chi connectivity index (χ3v) is 5.36. The van der Waals surface area contributed by atoms with Crippen LogP contribution in [0, 0.1) is 0 Å². The summed E-state index contributed by atoms with van der Waals surface area (Å²) < 4.78 is 5.70. The molecular weight excluding hydrogens is 484 g/mol. The van der Waals surface area contributed by atoms with Crippen LogP contribution >= 0.6 is 11.6 Å². The van der Waals surface area contributed by atoms with Gasteiger partial charge in [-0.1, -0.05) is 11.6 Å². The Labute approximate surface area is 211 Å². The topological polar surface area (TPSA) is 130 Å². The molecule has 0 fully saturated rings. The van der Waals surface area contributed by atoms with Crippen molar-refractivity contribution in [1.82, 2.24) is 14.9 Å². The molecular formula is C25H21ClN6O4. The van der Waals surface area contributed by atoms with Gasteiger partial charge in [0.15, 0.2) is 5.58 Å². The second-order valence-corrected chi connectivity index (χ2v) is 8.07. The van der Waals surface area contributed by atoms with E-state index in [0.29, 0.717) is 28.2 Å². The Morgan fingerprint density at radius 1 is 1.03 bits per heavy atom. The van der Waals surface area contributed by atoms with Crippen LogP contribution in [0.2, 0.25) is 5.02 Å². The number of carbonyl (C=O) groups excluding carboxylic acids is 3. The minimum Gasteiger partial charge on any atom is -0.447 e. The zero-order chi connectivity index (χ0) is 25.7. The van der Waals surface area contributed by atoms with Gasteiger partial charge in [0.25, 0.3) is 17.7 Å². The van der Waals surface area contributed by atoms with Gasteiger partial charge in [-0.05, 0) is 48.5 Å². The number of benzene rings is 1. The number of nitrogens with one attached hydrogen (secondary N) is 2. The number of nitrogens with zero attached hydrogens (tertiary/aromatic N) is 4. The summed E-state index contributed by atoms with van der Waals surface area (Å²) in [4.78, 5) is 52.2. The van der Waals surface area contributed by atoms with Crippen LogP contribution in [-0.2, 0) is 0 Å². The molecule has 0 spiro atoms. The zero-order valence-corrected chi connectivity index (χ0v) is 20.1. The second kappa shape index (κ2) is 10.8. The van der Waals surface area contributed by atoms with Gasteiger partial charge in [-0.25, -0.2) is 4.98 Å². The lowest BCUT2D eigenvalue weighted by atomic mass is 10.1. The molecule has 0 saturated heterocycles. The van der Waals surface area contributed by atoms with Crippen molar-refractivity contribution in [3.63, 3.8) is 0 Å². The molecule has 3 amide bonds. The maximum Gasteiger partial charge on any atom is 0.294 e. The highest BCUT2D eigenvalue weighted by Crippen LogP contribution is 2.30. The van der Waals surface area contributed by atoms with E-state index in [0.717, 1.165) is 0 Å². The highest BCUT2D eigenvalue weighted by molar-refractivity contribution is 6.30. The number of aliphatic imine (C=N–C) groups is 1. The molecule has 0 radical (unpaired) electrons. The number of fused-ring (bicyclic) bond motifs is 1. The van der Waals surface area contributed by atoms with E-state index in [1.165, 1.54) is 35.5 Å². The van der Waals surface area contributed by atoms with E-state index >= 15 is 0 Å². The monoisotopic (exact) mass is 504 g/mol. The van der Waals surface area contributed by atoms with Crippen LogP contribution in [0.1, 0.15) is 31.3 Å². The normalized spacial score (nSPS) is 11.0. The first-order valence-electron chi connectivity index (χ1n) is 10.7. The fraction of sp³-hybridized carbons (Fsp3) is 0.120. The van der Waals surface area contributed by atoms with Crippen LogP contribution in [0.25, 0.3) is 11.1 Å². The molecule has 10 nitrogen and oxygen atoms in total. The van der Waals surface area contributed by atoms with Crippen LogP contribution < -0.4 is 10.6 Å². The summed E-state index contributed by atoms with van der Waals surface area (Å²) in [6.45, 7) is 0.370. The van der Waals surface area contributed by atoms with Crippen molar-refractivity contribution < 1.29 is 18.8 Å². The Morgan fingerprint density at radius 2 is 1.78 bits per heavy atom. The maximum atomic E-state index is 13.0. The molecule has 3 aromatic heterocycles. The lowest BCUT2D eigenvalue weighted by molar-refractivity contribution is 0.0815. The van der Waals surface area contributed by atoms with Crippen LogP contribution in [0.3, 0.4) is 0 Å². The van der Waals surface area contributed by atoms with Gasteiger partial charge in [-0.2, -0.15) is 0 Å². The molecule has 0 aliphatic rings. The van der Waals surface area contributed by atoms with Gasteiger partial charge in [0.2, 0.25) is 5.76 Å². The third kappa shape index (κ3) is 5.39. The molecule has 0 aliphatic heterocycles. The highest BCUT2D eigenvalue weighted by Gasteiger charge is 2.24. The van der Waals surface area contributed by atoms with Gasteiger partial charge in [-0.15, -0.1) is 0 Å². The van der Waals surface area contributed by atoms with E-state index in [4.69, 9.17) is 16.0 Å². The van der Waals surface area contributed by atoms with Crippen molar-refractivity contribution in [2.75, 3.05) is 31.3 Å². The van der Waals surface area contributed by atoms with Gasteiger partial charge in [0.05, 0.1) is 11.6 Å². The average molecular weight is 505 g/mol. The van der Waals surface area contributed by atoms with E-state index in [1.54, 1.807) is 50.6 Å². The van der Waals surface area contributed by atoms with Crippen LogP contribution in [0.4, 0.5) is 11.5 Å². The molecule has 0 bridgehead atoms. The number of rotatable bonds is 7. The molecule has 4 aromatic rings. The summed E-state index contributed by atoms with van der Waals surface area (Å²) >= 11 is 5.85. The number of amides is 3. The van der Waals surface area contributed by atoms with Crippen LogP contribution in [0.5, 0.6) is 0 Å². The van der Waals surface area contributed by atoms with Crippen molar-refractivity contribution in [3.05, 3.63) is 82.8 Å². The first-order chi connectivity index (χ1) is 17.4. The predicted octanol–water partition coefficient (Wildman–Crippen LogP) is 4.15. The third-order valence-electron chi connectivity index (χ3n) is 5.14. The minimum atomic E-state index is -0.627. The lowest BCUT2D eigenvalue weighted by Gasteiger charge is -2.14. The summed E-state index contributed by atoms with van der Waals surface area (Å²) in [5, 5.41) is 5.75. The van der Waals surface area contributed by atoms with Gasteiger partial charge in [-0.3, -0.25) is 24.4 Å². The quantitative estimate of drug-likeness (QED) is 0.363. The van der Waals surface area contributed by atoms with Gasteiger partial charge in [0.1, 0.15) is 17.0 Å². The average Bonchev–Trinajstić information content (AvgIpc) is 3.26. The molecule has 4 rings (SSSR count). The van der Waals surface area contributed by atoms with Crippen molar-refractivity contribution in [3.8, 4) is 0 Å². The number of carbonyl (C=O) groups is 3. The molecule has 0 saturated carbocycles. The molecule has 36 heavy (non-hydrogen) atoms. The summed E-state index contributed by atoms with van der Waals surface area (Å²) in [6.07, 6.45) is 4.54. The number of halogens is 1. The fourth-order valence-corrected chi connectivity index (χ4v) is 3.40. The Bertz CT molecular complexity index is 1450. The van der Waals surface area contributed by atoms with Gasteiger partial charge in [0, 0.05) is 43.8 Å². The molecule has 3 heterocycles. The zero-order valence-electron chi connectivity index (χ0n) is 19.4. The van der Waals surface area contributed by atoms with E-state index in [1.807, 2.05) is 0 Å². The highest BCUT2D eigenvalue weighted by atomic mass is 35.5. The molecule has 0 atom stereocenters. The summed E-state index contributed by atoms with van der Waals surface area (Å²) in [6, 6.07) is 12.6. The number of anilines is 2.